The Labute approximate surface area is 77.0 Å². The number of nitrogens with two attached hydrogens (primary N) is 1. The standard InChI is InChI=1S/C9H14N2O2/c1-6-5-11(3-4-12)7(2)8(6)9(10)13/h5,12H,3-4H2,1-2H3,(H2,10,13). The van der Waals surface area contributed by atoms with Crippen LogP contribution in [0.4, 0.5) is 0 Å². The van der Waals surface area contributed by atoms with E-state index in [0.29, 0.717) is 12.1 Å². The minimum atomic E-state index is -0.410. The van der Waals surface area contributed by atoms with E-state index in [1.165, 1.54) is 0 Å². The monoisotopic (exact) mass is 182 g/mol. The van der Waals surface area contributed by atoms with Crippen molar-refractivity contribution in [1.82, 2.24) is 4.57 Å². The summed E-state index contributed by atoms with van der Waals surface area (Å²) in [4.78, 5) is 11.0. The molecule has 0 aliphatic carbocycles. The minimum Gasteiger partial charge on any atom is -0.395 e. The SMILES string of the molecule is Cc1cn(CCO)c(C)c1C(N)=O. The molecule has 4 nitrogen and oxygen atoms in total. The molecule has 0 aliphatic heterocycles. The lowest BCUT2D eigenvalue weighted by atomic mass is 10.1. The highest BCUT2D eigenvalue weighted by atomic mass is 16.3. The largest absolute Gasteiger partial charge is 0.395 e. The molecule has 1 aromatic heterocycles. The fourth-order valence-corrected chi connectivity index (χ4v) is 1.54. The third-order valence-corrected chi connectivity index (χ3v) is 2.12. The zero-order chi connectivity index (χ0) is 10.0. The Bertz CT molecular complexity index is 329. The number of amides is 1. The van der Waals surface area contributed by atoms with Gasteiger partial charge in [0.2, 0.25) is 0 Å². The maximum atomic E-state index is 11.0. The van der Waals surface area contributed by atoms with Crippen LogP contribution in [0.5, 0.6) is 0 Å². The van der Waals surface area contributed by atoms with Crippen molar-refractivity contribution >= 4 is 5.91 Å². The van der Waals surface area contributed by atoms with Crippen molar-refractivity contribution in [1.29, 1.82) is 0 Å². The molecular weight excluding hydrogens is 168 g/mol. The lowest BCUT2D eigenvalue weighted by Gasteiger charge is -2.02. The summed E-state index contributed by atoms with van der Waals surface area (Å²) in [5, 5.41) is 8.75. The molecule has 1 amide bonds. The smallest absolute Gasteiger partial charge is 0.250 e. The Morgan fingerprint density at radius 1 is 1.62 bits per heavy atom. The first-order chi connectivity index (χ1) is 6.07. The van der Waals surface area contributed by atoms with Crippen LogP contribution >= 0.6 is 0 Å². The van der Waals surface area contributed by atoms with Gasteiger partial charge in [0, 0.05) is 18.4 Å². The summed E-state index contributed by atoms with van der Waals surface area (Å²) in [6, 6.07) is 0. The minimum absolute atomic E-state index is 0.0627. The van der Waals surface area contributed by atoms with Crippen molar-refractivity contribution in [3.05, 3.63) is 23.0 Å². The second-order valence-corrected chi connectivity index (χ2v) is 3.05. The van der Waals surface area contributed by atoms with Gasteiger partial charge in [-0.15, -0.1) is 0 Å². The third kappa shape index (κ3) is 1.72. The zero-order valence-electron chi connectivity index (χ0n) is 7.87. The van der Waals surface area contributed by atoms with Gasteiger partial charge in [0.1, 0.15) is 0 Å². The van der Waals surface area contributed by atoms with Gasteiger partial charge in [-0.3, -0.25) is 4.79 Å². The summed E-state index contributed by atoms with van der Waals surface area (Å²) in [6.07, 6.45) is 1.83. The number of aromatic nitrogens is 1. The second-order valence-electron chi connectivity index (χ2n) is 3.05. The summed E-state index contributed by atoms with van der Waals surface area (Å²) >= 11 is 0. The predicted octanol–water partition coefficient (Wildman–Crippen LogP) is 0.196. The summed E-state index contributed by atoms with van der Waals surface area (Å²) < 4.78 is 1.83. The van der Waals surface area contributed by atoms with Crippen LogP contribution in [0.25, 0.3) is 0 Å². The number of aliphatic hydroxyl groups excluding tert-OH is 1. The predicted molar refractivity (Wildman–Crippen MR) is 49.5 cm³/mol. The molecule has 72 valence electrons. The number of aliphatic hydroxyl groups is 1. The molecule has 13 heavy (non-hydrogen) atoms. The van der Waals surface area contributed by atoms with E-state index in [4.69, 9.17) is 10.8 Å². The fraction of sp³-hybridized carbons (Fsp3) is 0.444. The van der Waals surface area contributed by atoms with Crippen molar-refractivity contribution in [2.24, 2.45) is 5.73 Å². The van der Waals surface area contributed by atoms with Gasteiger partial charge in [-0.1, -0.05) is 0 Å². The first-order valence-electron chi connectivity index (χ1n) is 4.15. The number of hydrogen-bond acceptors (Lipinski definition) is 2. The molecule has 0 radical (unpaired) electrons. The topological polar surface area (TPSA) is 68.2 Å². The van der Waals surface area contributed by atoms with Gasteiger partial charge in [0.05, 0.1) is 12.2 Å². The Hall–Kier alpha value is -1.29. The van der Waals surface area contributed by atoms with Crippen LogP contribution in [-0.4, -0.2) is 22.2 Å². The molecule has 0 atom stereocenters. The number of aryl methyl sites for hydroxylation is 1. The molecule has 0 fully saturated rings. The summed E-state index contributed by atoms with van der Waals surface area (Å²) in [5.74, 6) is -0.410. The molecule has 0 spiro atoms. The van der Waals surface area contributed by atoms with Gasteiger partial charge in [-0.25, -0.2) is 0 Å². The van der Waals surface area contributed by atoms with Gasteiger partial charge in [0.25, 0.3) is 5.91 Å². The third-order valence-electron chi connectivity index (χ3n) is 2.12. The highest BCUT2D eigenvalue weighted by Gasteiger charge is 2.13. The summed E-state index contributed by atoms with van der Waals surface area (Å²) in [7, 11) is 0. The van der Waals surface area contributed by atoms with Crippen LogP contribution in [-0.2, 0) is 6.54 Å². The van der Waals surface area contributed by atoms with E-state index >= 15 is 0 Å². The van der Waals surface area contributed by atoms with Crippen LogP contribution in [0.1, 0.15) is 21.6 Å². The van der Waals surface area contributed by atoms with Crippen LogP contribution in [0.3, 0.4) is 0 Å². The number of nitrogens with zero attached hydrogens (tertiary/aromatic N) is 1. The van der Waals surface area contributed by atoms with E-state index in [2.05, 4.69) is 0 Å². The maximum Gasteiger partial charge on any atom is 0.250 e. The molecule has 1 aromatic rings. The number of primary amides is 1. The molecule has 1 heterocycles. The highest BCUT2D eigenvalue weighted by Crippen LogP contribution is 2.14. The Morgan fingerprint density at radius 3 is 2.62 bits per heavy atom. The van der Waals surface area contributed by atoms with Crippen LogP contribution in [0, 0.1) is 13.8 Å². The van der Waals surface area contributed by atoms with Crippen molar-refractivity contribution in [2.45, 2.75) is 20.4 Å². The van der Waals surface area contributed by atoms with Crippen LogP contribution in [0.15, 0.2) is 6.20 Å². The Kier molecular flexibility index (Phi) is 2.72. The van der Waals surface area contributed by atoms with Crippen molar-refractivity contribution in [3.8, 4) is 0 Å². The highest BCUT2D eigenvalue weighted by molar-refractivity contribution is 5.95. The molecular formula is C9H14N2O2. The molecule has 0 aromatic carbocycles. The molecule has 0 bridgehead atoms. The average Bonchev–Trinajstić information content (AvgIpc) is 2.28. The molecule has 0 saturated carbocycles. The molecule has 4 heteroatoms. The fourth-order valence-electron chi connectivity index (χ4n) is 1.54. The lowest BCUT2D eigenvalue weighted by Crippen LogP contribution is -2.14. The molecule has 3 N–H and O–H groups in total. The van der Waals surface area contributed by atoms with E-state index in [1.807, 2.05) is 24.6 Å². The second kappa shape index (κ2) is 3.62. The Balaban J connectivity index is 3.14. The molecule has 0 aliphatic rings. The van der Waals surface area contributed by atoms with E-state index in [9.17, 15) is 4.79 Å². The van der Waals surface area contributed by atoms with E-state index in [-0.39, 0.29) is 6.61 Å². The van der Waals surface area contributed by atoms with Crippen molar-refractivity contribution in [2.75, 3.05) is 6.61 Å². The van der Waals surface area contributed by atoms with Gasteiger partial charge in [0.15, 0.2) is 0 Å². The van der Waals surface area contributed by atoms with Gasteiger partial charge >= 0.3 is 0 Å². The quantitative estimate of drug-likeness (QED) is 0.701. The molecule has 0 unspecified atom stereocenters. The van der Waals surface area contributed by atoms with E-state index < -0.39 is 5.91 Å². The van der Waals surface area contributed by atoms with Gasteiger partial charge < -0.3 is 15.4 Å². The average molecular weight is 182 g/mol. The lowest BCUT2D eigenvalue weighted by molar-refractivity contribution is 0.0999. The maximum absolute atomic E-state index is 11.0. The number of hydrogen-bond donors (Lipinski definition) is 2. The number of carbonyl (C=O) groups is 1. The van der Waals surface area contributed by atoms with Crippen molar-refractivity contribution < 1.29 is 9.90 Å². The van der Waals surface area contributed by atoms with Gasteiger partial charge in [-0.2, -0.15) is 0 Å². The van der Waals surface area contributed by atoms with E-state index in [1.54, 1.807) is 0 Å². The first kappa shape index (κ1) is 9.80. The van der Waals surface area contributed by atoms with Crippen LogP contribution < -0.4 is 5.73 Å². The zero-order valence-corrected chi connectivity index (χ0v) is 7.87. The van der Waals surface area contributed by atoms with Crippen molar-refractivity contribution in [3.63, 3.8) is 0 Å². The van der Waals surface area contributed by atoms with Gasteiger partial charge in [-0.05, 0) is 19.4 Å². The number of carbonyl (C=O) groups excluding carboxylic acids is 1. The normalized spacial score (nSPS) is 10.4. The molecule has 0 saturated heterocycles. The van der Waals surface area contributed by atoms with E-state index in [0.717, 1.165) is 11.3 Å². The first-order valence-corrected chi connectivity index (χ1v) is 4.15. The molecule has 1 rings (SSSR count). The summed E-state index contributed by atoms with van der Waals surface area (Å²) in [5.41, 5.74) is 7.45. The Morgan fingerprint density at radius 2 is 2.23 bits per heavy atom. The number of rotatable bonds is 3. The summed E-state index contributed by atoms with van der Waals surface area (Å²) in [6.45, 7) is 4.22. The van der Waals surface area contributed by atoms with Crippen LogP contribution in [0.2, 0.25) is 0 Å².